The number of hydrogen-bond donors (Lipinski definition) is 1. The fourth-order valence-electron chi connectivity index (χ4n) is 1.46. The zero-order valence-electron chi connectivity index (χ0n) is 9.67. The number of rotatable bonds is 3. The Kier molecular flexibility index (Phi) is 3.50. The van der Waals surface area contributed by atoms with Crippen LogP contribution in [0.2, 0.25) is 0 Å². The highest BCUT2D eigenvalue weighted by atomic mass is 19.2. The molecule has 0 saturated heterocycles. The molecule has 0 fully saturated rings. The number of aromatic nitrogens is 1. The Bertz CT molecular complexity index is 553. The van der Waals surface area contributed by atoms with Gasteiger partial charge in [0.15, 0.2) is 17.5 Å². The molecule has 0 spiro atoms. The highest BCUT2D eigenvalue weighted by molar-refractivity contribution is 5.37. The third-order valence-electron chi connectivity index (χ3n) is 2.47. The molecule has 2 nitrogen and oxygen atoms in total. The molecule has 18 heavy (non-hydrogen) atoms. The average Bonchev–Trinajstić information content (AvgIpc) is 2.34. The predicted octanol–water partition coefficient (Wildman–Crippen LogP) is 3.42. The van der Waals surface area contributed by atoms with Crippen LogP contribution in [-0.2, 0) is 6.54 Å². The summed E-state index contributed by atoms with van der Waals surface area (Å²) in [6, 6.07) is 8.01. The lowest BCUT2D eigenvalue weighted by Gasteiger charge is -2.07. The summed E-state index contributed by atoms with van der Waals surface area (Å²) in [5.74, 6) is -3.83. The first-order valence-electron chi connectivity index (χ1n) is 5.37. The molecule has 2 rings (SSSR count). The summed E-state index contributed by atoms with van der Waals surface area (Å²) in [4.78, 5) is 3.18. The second-order valence-corrected chi connectivity index (χ2v) is 3.93. The van der Waals surface area contributed by atoms with E-state index in [0.717, 1.165) is 11.1 Å². The Labute approximate surface area is 102 Å². The lowest BCUT2D eigenvalue weighted by atomic mass is 10.1. The normalized spacial score (nSPS) is 10.4. The maximum atomic E-state index is 13.3. The van der Waals surface area contributed by atoms with Gasteiger partial charge >= 0.3 is 0 Å². The fraction of sp³-hybridized carbons (Fsp3) is 0.154. The molecule has 0 unspecified atom stereocenters. The summed E-state index contributed by atoms with van der Waals surface area (Å²) in [5, 5.41) is 2.62. The first kappa shape index (κ1) is 12.4. The molecule has 0 amide bonds. The van der Waals surface area contributed by atoms with Crippen molar-refractivity contribution in [2.75, 3.05) is 5.32 Å². The minimum atomic E-state index is -1.32. The van der Waals surface area contributed by atoms with Crippen LogP contribution in [0.4, 0.5) is 19.0 Å². The summed E-state index contributed by atoms with van der Waals surface area (Å²) >= 11 is 0. The van der Waals surface area contributed by atoms with Gasteiger partial charge in [-0.3, -0.25) is 0 Å². The van der Waals surface area contributed by atoms with Crippen LogP contribution in [0.15, 0.2) is 30.3 Å². The van der Waals surface area contributed by atoms with Crippen LogP contribution in [-0.4, -0.2) is 4.98 Å². The van der Waals surface area contributed by atoms with Crippen molar-refractivity contribution >= 4 is 5.82 Å². The van der Waals surface area contributed by atoms with Gasteiger partial charge in [-0.1, -0.05) is 29.8 Å². The lowest BCUT2D eigenvalue weighted by molar-refractivity contribution is 0.466. The summed E-state index contributed by atoms with van der Waals surface area (Å²) < 4.78 is 38.8. The number of nitrogens with one attached hydrogen (secondary N) is 1. The van der Waals surface area contributed by atoms with Crippen molar-refractivity contribution in [1.82, 2.24) is 4.98 Å². The number of nitrogens with zero attached hydrogens (tertiary/aromatic N) is 1. The van der Waals surface area contributed by atoms with Gasteiger partial charge in [0.2, 0.25) is 0 Å². The molecule has 0 radical (unpaired) electrons. The number of anilines is 1. The quantitative estimate of drug-likeness (QED) is 0.847. The number of pyridine rings is 1. The van der Waals surface area contributed by atoms with E-state index in [-0.39, 0.29) is 12.4 Å². The summed E-state index contributed by atoms with van der Waals surface area (Å²) in [6.45, 7) is 2.24. The number of aryl methyl sites for hydroxylation is 1. The monoisotopic (exact) mass is 252 g/mol. The molecule has 94 valence electrons. The van der Waals surface area contributed by atoms with Crippen LogP contribution in [0.1, 0.15) is 11.1 Å². The molecular weight excluding hydrogens is 241 g/mol. The van der Waals surface area contributed by atoms with Gasteiger partial charge in [0.1, 0.15) is 0 Å². The van der Waals surface area contributed by atoms with Crippen molar-refractivity contribution in [3.63, 3.8) is 0 Å². The number of benzene rings is 1. The van der Waals surface area contributed by atoms with Crippen LogP contribution in [0, 0.1) is 24.5 Å². The minimum Gasteiger partial charge on any atom is -0.363 e. The topological polar surface area (TPSA) is 24.9 Å². The Hall–Kier alpha value is -2.04. The molecule has 1 aromatic heterocycles. The van der Waals surface area contributed by atoms with E-state index in [1.54, 1.807) is 0 Å². The van der Waals surface area contributed by atoms with Gasteiger partial charge in [0.05, 0.1) is 0 Å². The second-order valence-electron chi connectivity index (χ2n) is 3.93. The van der Waals surface area contributed by atoms with E-state index >= 15 is 0 Å². The Morgan fingerprint density at radius 3 is 2.39 bits per heavy atom. The predicted molar refractivity (Wildman–Crippen MR) is 62.6 cm³/mol. The smallest absolute Gasteiger partial charge is 0.251 e. The van der Waals surface area contributed by atoms with Crippen molar-refractivity contribution in [2.45, 2.75) is 13.5 Å². The van der Waals surface area contributed by atoms with E-state index in [1.165, 1.54) is 0 Å². The maximum absolute atomic E-state index is 13.3. The second kappa shape index (κ2) is 5.08. The van der Waals surface area contributed by atoms with Crippen molar-refractivity contribution in [3.05, 3.63) is 59.0 Å². The van der Waals surface area contributed by atoms with Crippen molar-refractivity contribution < 1.29 is 13.2 Å². The van der Waals surface area contributed by atoms with Gasteiger partial charge in [0, 0.05) is 12.6 Å². The van der Waals surface area contributed by atoms with Crippen LogP contribution in [0.3, 0.4) is 0 Å². The Morgan fingerprint density at radius 1 is 1.06 bits per heavy atom. The van der Waals surface area contributed by atoms with Crippen LogP contribution in [0.25, 0.3) is 0 Å². The number of hydrogen-bond acceptors (Lipinski definition) is 2. The van der Waals surface area contributed by atoms with Gasteiger partial charge in [-0.25, -0.2) is 8.78 Å². The maximum Gasteiger partial charge on any atom is 0.251 e. The fourth-order valence-corrected chi connectivity index (χ4v) is 1.46. The molecule has 1 N–H and O–H groups in total. The molecule has 0 aliphatic rings. The zero-order chi connectivity index (χ0) is 13.1. The number of halogens is 3. The highest BCUT2D eigenvalue weighted by Crippen LogP contribution is 2.15. The summed E-state index contributed by atoms with van der Waals surface area (Å²) in [6.07, 6.45) is 0. The molecule has 0 aliphatic heterocycles. The molecule has 5 heteroatoms. The lowest BCUT2D eigenvalue weighted by Crippen LogP contribution is -2.06. The van der Waals surface area contributed by atoms with E-state index in [4.69, 9.17) is 0 Å². The zero-order valence-corrected chi connectivity index (χ0v) is 9.67. The van der Waals surface area contributed by atoms with Crippen molar-refractivity contribution in [1.29, 1.82) is 0 Å². The van der Waals surface area contributed by atoms with E-state index in [9.17, 15) is 13.2 Å². The van der Waals surface area contributed by atoms with Crippen LogP contribution < -0.4 is 5.32 Å². The van der Waals surface area contributed by atoms with Gasteiger partial charge in [-0.2, -0.15) is 9.37 Å². The largest absolute Gasteiger partial charge is 0.363 e. The van der Waals surface area contributed by atoms with Gasteiger partial charge < -0.3 is 5.32 Å². The molecule has 1 aromatic carbocycles. The third-order valence-corrected chi connectivity index (χ3v) is 2.47. The molecule has 1 heterocycles. The molecule has 0 bridgehead atoms. The molecular formula is C13H11F3N2. The van der Waals surface area contributed by atoms with Crippen LogP contribution in [0.5, 0.6) is 0 Å². The summed E-state index contributed by atoms with van der Waals surface area (Å²) in [5.41, 5.74) is 2.00. The first-order chi connectivity index (χ1) is 8.56. The molecule has 0 aliphatic carbocycles. The van der Waals surface area contributed by atoms with Gasteiger partial charge in [0.25, 0.3) is 5.95 Å². The average molecular weight is 252 g/mol. The van der Waals surface area contributed by atoms with Gasteiger partial charge in [-0.15, -0.1) is 0 Å². The summed E-state index contributed by atoms with van der Waals surface area (Å²) in [7, 11) is 0. The van der Waals surface area contributed by atoms with E-state index in [1.807, 2.05) is 31.2 Å². The highest BCUT2D eigenvalue weighted by Gasteiger charge is 2.10. The minimum absolute atomic E-state index is 0.287. The van der Waals surface area contributed by atoms with Gasteiger partial charge in [-0.05, 0) is 12.5 Å². The first-order valence-corrected chi connectivity index (χ1v) is 5.37. The Balaban J connectivity index is 2.10. The van der Waals surface area contributed by atoms with Crippen LogP contribution >= 0.6 is 0 Å². The van der Waals surface area contributed by atoms with E-state index < -0.39 is 17.6 Å². The van der Waals surface area contributed by atoms with E-state index in [0.29, 0.717) is 6.07 Å². The Morgan fingerprint density at radius 2 is 1.72 bits per heavy atom. The molecule has 0 saturated carbocycles. The standard InChI is InChI=1S/C13H11F3N2/c1-8-2-4-9(5-3-8)7-17-13-11(15)6-10(14)12(16)18-13/h2-6H,7H2,1H3,(H,17,18). The third kappa shape index (κ3) is 2.80. The molecule has 0 atom stereocenters. The van der Waals surface area contributed by atoms with Crippen molar-refractivity contribution in [2.24, 2.45) is 0 Å². The van der Waals surface area contributed by atoms with E-state index in [2.05, 4.69) is 10.3 Å². The SMILES string of the molecule is Cc1ccc(CNc2nc(F)c(F)cc2F)cc1. The van der Waals surface area contributed by atoms with Crippen molar-refractivity contribution in [3.8, 4) is 0 Å². The molecule has 2 aromatic rings.